The largest absolute Gasteiger partial charge is 0.461 e. The zero-order valence-corrected chi connectivity index (χ0v) is 74.9. The number of hydrogen-bond donors (Lipinski definition) is 11. The second-order valence-electron chi connectivity index (χ2n) is 22.8. The van der Waals surface area contributed by atoms with Crippen LogP contribution < -0.4 is 49.2 Å². The minimum atomic E-state index is -0.678. The number of nitrogens with zero attached hydrogens (tertiary/aromatic N) is 11. The zero-order chi connectivity index (χ0) is 85.4. The van der Waals surface area contributed by atoms with Gasteiger partial charge in [-0.05, 0) is 186 Å². The van der Waals surface area contributed by atoms with Gasteiger partial charge in [0, 0.05) is 57.9 Å². The van der Waals surface area contributed by atoms with Crippen LogP contribution in [-0.2, 0) is 74.9 Å². The number of amides is 2. The van der Waals surface area contributed by atoms with Gasteiger partial charge in [-0.3, -0.25) is 24.0 Å². The molecule has 0 unspecified atom stereocenters. The predicted octanol–water partition coefficient (Wildman–Crippen LogP) is 15.9. The molecule has 0 atom stereocenters. The van der Waals surface area contributed by atoms with Crippen molar-refractivity contribution in [3.63, 3.8) is 0 Å². The lowest BCUT2D eigenvalue weighted by molar-refractivity contribution is -0.120. The van der Waals surface area contributed by atoms with E-state index in [9.17, 15) is 38.4 Å². The van der Waals surface area contributed by atoms with Crippen LogP contribution in [0.2, 0.25) is 25.1 Å². The van der Waals surface area contributed by atoms with Crippen molar-refractivity contribution in [1.82, 2.24) is 79.7 Å². The molecule has 13 N–H and O–H groups in total. The molecule has 2 fully saturated rings. The number of H-pyrrole nitrogens is 4. The third kappa shape index (κ3) is 31.7. The standard InChI is InChI=1S/C16H16ClN5OS.C12H11ClN4O3.C12H11ClN4O2S.C10H8ClN5OS.C8H7BrClNO3.C6H10O.C4H5N3.P2S5/c17-10-8-11(20-12-4-7-18-9-19-12)15(24)22-13(10)14(23)21-16(22)5-2-1-3-6-16;1-2-20-12(19)10-7(13)5-8(11(18)17-10)16-9-3-4-14-6-15-9;1-2-19-12(18)10-7(13)5-8(11(20)17-10)16-9-3-4-14-6-15-9;11-5-3-6(10(18)16-8(5)9(12)17)15-7-1-2-13-4-14-7;1-2-14-8(13)6-5(10)3-4(9)7(12)11-6;7-6-4-2-1-3-5-6;5-4-1-2-6-3-7-4;3-1-2-5-7-6-4/h4,7-9H,1-3,5-6H2,(H,21,23)(H,18,19,20);3-6H,2H2,1H3,(H,17,18)(H,14,15,16);3-6H,2H2,1H3,(H,17,20)(H,14,15,16);1-4H,(H2,12,17)(H,16,18)(H,13,14,15);3H,2H2,1H3,(H,11,12);1-5H2;1-3H,(H2,5,6,7);. The van der Waals surface area contributed by atoms with E-state index in [1.54, 1.807) is 106 Å². The highest BCUT2D eigenvalue weighted by Gasteiger charge is 2.45. The Morgan fingerprint density at radius 1 is 0.547 bits per heavy atom. The fourth-order valence-electron chi connectivity index (χ4n) is 9.91. The molecule has 0 bridgehead atoms. The quantitative estimate of drug-likeness (QED) is 0.0185. The van der Waals surface area contributed by atoms with Crippen molar-refractivity contribution in [2.24, 2.45) is 5.73 Å². The molecule has 0 saturated heterocycles. The first kappa shape index (κ1) is 96.9. The Balaban J connectivity index is 0.000000215. The van der Waals surface area contributed by atoms with Gasteiger partial charge in [-0.25, -0.2) is 64.2 Å². The first-order valence-electron chi connectivity index (χ1n) is 33.9. The van der Waals surface area contributed by atoms with E-state index in [0.717, 1.165) is 58.4 Å². The number of nitrogens with one attached hydrogen (secondary N) is 9. The number of hydrogen-bond acceptors (Lipinski definition) is 31. The first-order valence-corrected chi connectivity index (χ1v) is 46.4. The lowest BCUT2D eigenvalue weighted by Gasteiger charge is -2.36. The highest BCUT2D eigenvalue weighted by atomic mass is 79.9. The number of aromatic nitrogens is 15. The molecule has 2 aliphatic carbocycles. The maximum absolute atomic E-state index is 12.5. The van der Waals surface area contributed by atoms with Gasteiger partial charge < -0.3 is 76.8 Å². The number of rotatable bonds is 16. The molecule has 0 radical (unpaired) electrons. The molecule has 616 valence electrons. The molecule has 10 aromatic heterocycles. The van der Waals surface area contributed by atoms with E-state index >= 15 is 0 Å². The molecule has 13 rings (SSSR count). The summed E-state index contributed by atoms with van der Waals surface area (Å²) in [7, 11) is 6.83. The number of anilines is 9. The number of fused-ring (bicyclic) bond motifs is 2. The summed E-state index contributed by atoms with van der Waals surface area (Å²) in [6, 6.07) is 15.8. The number of ether oxygens (including phenoxy) is 3. The highest BCUT2D eigenvalue weighted by molar-refractivity contribution is 9.10. The third-order valence-electron chi connectivity index (χ3n) is 15.0. The summed E-state index contributed by atoms with van der Waals surface area (Å²) < 4.78 is 17.8. The molecular weight excluding hydrogens is 1880 g/mol. The number of Topliss-reactive ketones (excluding diaryl/α,β-unsaturated/α-hetero) is 1. The van der Waals surface area contributed by atoms with Crippen LogP contribution >= 0.6 is 125 Å². The van der Waals surface area contributed by atoms with Crippen LogP contribution in [0.4, 0.5) is 51.8 Å². The maximum atomic E-state index is 12.5. The van der Waals surface area contributed by atoms with E-state index in [0.29, 0.717) is 76.6 Å². The van der Waals surface area contributed by atoms with Crippen molar-refractivity contribution in [1.29, 1.82) is 0 Å². The Morgan fingerprint density at radius 2 is 0.940 bits per heavy atom. The lowest BCUT2D eigenvalue weighted by atomic mass is 9.89. The summed E-state index contributed by atoms with van der Waals surface area (Å²) in [6.07, 6.45) is 25.2. The van der Waals surface area contributed by atoms with Gasteiger partial charge in [-0.2, -0.15) is 0 Å². The summed E-state index contributed by atoms with van der Waals surface area (Å²) in [5.41, 5.74) is 11.4. The molecule has 2 saturated carbocycles. The molecule has 117 heavy (non-hydrogen) atoms. The van der Waals surface area contributed by atoms with Crippen LogP contribution in [0.3, 0.4) is 0 Å². The summed E-state index contributed by atoms with van der Waals surface area (Å²) >= 11 is 58.2. The molecule has 2 amide bonds. The lowest BCUT2D eigenvalue weighted by Crippen LogP contribution is -2.45. The van der Waals surface area contributed by atoms with E-state index in [1.165, 1.54) is 84.8 Å². The number of ketones is 1. The highest BCUT2D eigenvalue weighted by Crippen LogP contribution is 2.41. The smallest absolute Gasteiger partial charge is 0.356 e. The minimum Gasteiger partial charge on any atom is -0.461 e. The molecular formula is C68H68BrCl5N22O11P2S8. The fraction of sp³-hybridized carbons (Fsp3) is 0.250. The van der Waals surface area contributed by atoms with Gasteiger partial charge in [0.2, 0.25) is 0 Å². The molecule has 3 aliphatic rings. The van der Waals surface area contributed by atoms with Crippen molar-refractivity contribution in [2.45, 2.75) is 90.6 Å². The van der Waals surface area contributed by atoms with Crippen LogP contribution in [0.5, 0.6) is 0 Å². The number of esters is 3. The summed E-state index contributed by atoms with van der Waals surface area (Å²) in [4.78, 5) is 140. The topological polar surface area (TPSA) is 473 Å². The van der Waals surface area contributed by atoms with Crippen molar-refractivity contribution in [2.75, 3.05) is 46.8 Å². The Hall–Kier alpha value is -8.94. The molecule has 0 aromatic carbocycles. The zero-order valence-electron chi connectivity index (χ0n) is 61.2. The fourth-order valence-corrected chi connectivity index (χ4v) is 22.0. The van der Waals surface area contributed by atoms with E-state index in [-0.39, 0.29) is 78.8 Å². The van der Waals surface area contributed by atoms with Gasteiger partial charge >= 0.3 is 17.9 Å². The average Bonchev–Trinajstić information content (AvgIpc) is 1.58. The first-order chi connectivity index (χ1) is 56.2. The van der Waals surface area contributed by atoms with Crippen LogP contribution in [0.1, 0.15) is 137 Å². The minimum absolute atomic E-state index is 0.0262. The van der Waals surface area contributed by atoms with Gasteiger partial charge in [0.1, 0.15) is 120 Å². The van der Waals surface area contributed by atoms with E-state index in [4.69, 9.17) is 120 Å². The van der Waals surface area contributed by atoms with Crippen molar-refractivity contribution < 1.29 is 43.0 Å². The molecule has 33 nitrogen and oxygen atoms in total. The van der Waals surface area contributed by atoms with Gasteiger partial charge in [-0.1, -0.05) is 107 Å². The van der Waals surface area contributed by atoms with Crippen LogP contribution in [0.15, 0.2) is 137 Å². The Labute approximate surface area is 737 Å². The van der Waals surface area contributed by atoms with Gasteiger partial charge in [0.25, 0.3) is 22.9 Å². The predicted molar refractivity (Wildman–Crippen MR) is 477 cm³/mol. The average molecular weight is 1950 g/mol. The monoisotopic (exact) mass is 1940 g/mol. The second-order valence-corrected chi connectivity index (χ2v) is 36.6. The maximum Gasteiger partial charge on any atom is 0.356 e. The third-order valence-corrected chi connectivity index (χ3v) is 28.1. The number of aromatic amines is 4. The molecule has 1 spiro atoms. The SMILES string of the molecule is CCOC(=O)c1[nH]c(=O)c(Br)cc1Cl.CCOC(=O)c1[nH]c(=O)c(Nc2ccncn2)cc1Cl.CCOC(=O)c1[nH]c(=S)c(Nc2ccncn2)cc1Cl.NC(=O)c1[nH]c(=S)c(Nc2ccncn2)cc1Cl.Nc1ccncn1.O=C1CCCCC1.O=C1NC2(CCCCC2)n2c1c(Cl)cc(Nc1ccncn1)c2=S.S=PP=S=S=S=S. The van der Waals surface area contributed by atoms with Crippen molar-refractivity contribution in [3.8, 4) is 0 Å². The Kier molecular flexibility index (Phi) is 42.6. The Bertz CT molecular complexity index is 5460. The van der Waals surface area contributed by atoms with Crippen molar-refractivity contribution >= 4 is 262 Å². The number of primary amides is 1. The second kappa shape index (κ2) is 51.4. The van der Waals surface area contributed by atoms with E-state index < -0.39 is 40.6 Å². The van der Waals surface area contributed by atoms with Crippen LogP contribution in [-0.4, -0.2) is 130 Å². The molecule has 11 heterocycles. The van der Waals surface area contributed by atoms with Gasteiger partial charge in [0.05, 0.1) is 66.5 Å². The summed E-state index contributed by atoms with van der Waals surface area (Å²) in [6.45, 7) is 5.73. The molecule has 1 aliphatic heterocycles. The molecule has 10 aromatic rings. The summed E-state index contributed by atoms with van der Waals surface area (Å²) in [5.74, 6) is 0.491. The number of carbonyl (C=O) groups is 6. The van der Waals surface area contributed by atoms with Gasteiger partial charge in [0.15, 0.2) is 0 Å². The Morgan fingerprint density at radius 3 is 1.33 bits per heavy atom. The molecule has 49 heteroatoms. The number of nitrogen functional groups attached to an aromatic ring is 1. The normalized spacial score (nSPS) is 12.3. The van der Waals surface area contributed by atoms with Gasteiger partial charge in [-0.15, -0.1) is 0 Å². The van der Waals surface area contributed by atoms with Crippen LogP contribution in [0.25, 0.3) is 0 Å². The summed E-state index contributed by atoms with van der Waals surface area (Å²) in [5, 5.41) is 16.1. The number of carbonyl (C=O) groups excluding carboxylic acids is 6. The van der Waals surface area contributed by atoms with E-state index in [1.807, 2.05) is 4.57 Å². The van der Waals surface area contributed by atoms with Crippen molar-refractivity contribution in [3.05, 3.63) is 216 Å². The number of halogens is 6. The number of nitrogens with two attached hydrogens (primary N) is 2. The van der Waals surface area contributed by atoms with Crippen LogP contribution in [0, 0.1) is 13.9 Å². The number of pyridine rings is 5. The van der Waals surface area contributed by atoms with E-state index in [2.05, 4.69) is 135 Å².